The van der Waals surface area contributed by atoms with E-state index in [1.165, 1.54) is 4.57 Å². The Morgan fingerprint density at radius 2 is 1.59 bits per heavy atom. The summed E-state index contributed by atoms with van der Waals surface area (Å²) in [5, 5.41) is 12.7. The fourth-order valence-corrected chi connectivity index (χ4v) is 5.50. The van der Waals surface area contributed by atoms with Crippen LogP contribution in [-0.2, 0) is 16.0 Å². The number of aryl methyl sites for hydroxylation is 1. The zero-order valence-electron chi connectivity index (χ0n) is 25.7. The van der Waals surface area contributed by atoms with Gasteiger partial charge in [0.1, 0.15) is 17.5 Å². The van der Waals surface area contributed by atoms with Gasteiger partial charge in [0.25, 0.3) is 5.56 Å². The van der Waals surface area contributed by atoms with E-state index in [-0.39, 0.29) is 12.0 Å². The number of carbonyl (C=O) groups is 2. The maximum absolute atomic E-state index is 13.9. The number of hydrogen-bond donors (Lipinski definition) is 2. The number of pyridine rings is 1. The lowest BCUT2D eigenvalue weighted by Gasteiger charge is -2.25. The molecule has 0 aliphatic rings. The van der Waals surface area contributed by atoms with Gasteiger partial charge in [0.2, 0.25) is 5.91 Å². The Morgan fingerprint density at radius 3 is 2.18 bits per heavy atom. The standard InChI is InChI=1S/C36H40N2O6/c1-5-6-13-30(38-23-24(2)20-28(36(38)42)21-25-11-8-7-9-12-25)35(41)37-29(22-33(39)40)26-16-18-27(19-17-26)34-31(43-3)14-10-15-32(34)44-4/h7-12,14-20,23,29-30H,5-6,13,21-22H2,1-4H3,(H,37,41)(H,39,40)/t29-,30-/m0/s1. The van der Waals surface area contributed by atoms with Crippen molar-refractivity contribution in [1.29, 1.82) is 0 Å². The van der Waals surface area contributed by atoms with Crippen LogP contribution in [0.4, 0.5) is 0 Å². The number of aromatic nitrogens is 1. The number of benzene rings is 3. The van der Waals surface area contributed by atoms with Crippen LogP contribution in [0.5, 0.6) is 11.5 Å². The molecule has 0 saturated heterocycles. The Kier molecular flexibility index (Phi) is 11.0. The van der Waals surface area contributed by atoms with E-state index < -0.39 is 24.0 Å². The first-order chi connectivity index (χ1) is 21.2. The average Bonchev–Trinajstić information content (AvgIpc) is 3.02. The molecular weight excluding hydrogens is 556 g/mol. The van der Waals surface area contributed by atoms with E-state index in [2.05, 4.69) is 5.32 Å². The molecule has 1 aromatic heterocycles. The minimum Gasteiger partial charge on any atom is -0.496 e. The molecule has 0 radical (unpaired) electrons. The highest BCUT2D eigenvalue weighted by Gasteiger charge is 2.27. The quantitative estimate of drug-likeness (QED) is 0.172. The number of aliphatic carboxylic acids is 1. The van der Waals surface area contributed by atoms with Crippen molar-refractivity contribution in [3.05, 3.63) is 118 Å². The number of unbranched alkanes of at least 4 members (excludes halogenated alkanes) is 1. The van der Waals surface area contributed by atoms with E-state index in [0.29, 0.717) is 35.5 Å². The molecular formula is C36H40N2O6. The smallest absolute Gasteiger partial charge is 0.305 e. The second-order valence-electron chi connectivity index (χ2n) is 10.9. The Hall–Kier alpha value is -4.85. The van der Waals surface area contributed by atoms with Gasteiger partial charge < -0.3 is 24.5 Å². The van der Waals surface area contributed by atoms with Crippen molar-refractivity contribution < 1.29 is 24.2 Å². The maximum atomic E-state index is 13.9. The first-order valence-corrected chi connectivity index (χ1v) is 14.8. The highest BCUT2D eigenvalue weighted by Crippen LogP contribution is 2.38. The normalized spacial score (nSPS) is 12.3. The molecule has 230 valence electrons. The molecule has 8 heteroatoms. The molecule has 3 aromatic carbocycles. The van der Waals surface area contributed by atoms with E-state index >= 15 is 0 Å². The topological polar surface area (TPSA) is 107 Å². The predicted molar refractivity (Wildman–Crippen MR) is 171 cm³/mol. The summed E-state index contributed by atoms with van der Waals surface area (Å²) < 4.78 is 12.6. The van der Waals surface area contributed by atoms with Crippen molar-refractivity contribution in [1.82, 2.24) is 9.88 Å². The van der Waals surface area contributed by atoms with Crippen molar-refractivity contribution in [3.8, 4) is 22.6 Å². The zero-order chi connectivity index (χ0) is 31.6. The monoisotopic (exact) mass is 596 g/mol. The van der Waals surface area contributed by atoms with Gasteiger partial charge in [-0.25, -0.2) is 0 Å². The highest BCUT2D eigenvalue weighted by molar-refractivity contribution is 5.82. The fraction of sp³-hybridized carbons (Fsp3) is 0.306. The van der Waals surface area contributed by atoms with Crippen molar-refractivity contribution in [2.45, 2.75) is 58.0 Å². The van der Waals surface area contributed by atoms with Crippen LogP contribution in [0.15, 0.2) is 89.9 Å². The number of carbonyl (C=O) groups excluding carboxylic acids is 1. The van der Waals surface area contributed by atoms with Crippen LogP contribution in [-0.4, -0.2) is 35.8 Å². The van der Waals surface area contributed by atoms with Gasteiger partial charge >= 0.3 is 5.97 Å². The van der Waals surface area contributed by atoms with Gasteiger partial charge in [-0.05, 0) is 53.8 Å². The molecule has 2 N–H and O–H groups in total. The number of rotatable bonds is 14. The zero-order valence-corrected chi connectivity index (χ0v) is 25.7. The van der Waals surface area contributed by atoms with Crippen molar-refractivity contribution in [2.75, 3.05) is 14.2 Å². The average molecular weight is 597 g/mol. The number of nitrogens with zero attached hydrogens (tertiary/aromatic N) is 1. The molecule has 44 heavy (non-hydrogen) atoms. The molecule has 1 amide bonds. The molecule has 0 aliphatic heterocycles. The van der Waals surface area contributed by atoms with Crippen molar-refractivity contribution in [3.63, 3.8) is 0 Å². The summed E-state index contributed by atoms with van der Waals surface area (Å²) >= 11 is 0. The van der Waals surface area contributed by atoms with E-state index in [0.717, 1.165) is 35.1 Å². The second kappa shape index (κ2) is 15.0. The van der Waals surface area contributed by atoms with Crippen LogP contribution >= 0.6 is 0 Å². The molecule has 0 spiro atoms. The van der Waals surface area contributed by atoms with Crippen LogP contribution in [0.1, 0.15) is 66.9 Å². The SMILES string of the molecule is CCCC[C@@H](C(=O)N[C@@H](CC(=O)O)c1ccc(-c2c(OC)cccc2OC)cc1)n1cc(C)cc(Cc2ccccc2)c1=O. The summed E-state index contributed by atoms with van der Waals surface area (Å²) in [4.78, 5) is 39.5. The number of carboxylic acid groups (broad SMARTS) is 1. The summed E-state index contributed by atoms with van der Waals surface area (Å²) in [5.41, 5.74) is 4.49. The first kappa shape index (κ1) is 32.1. The molecule has 2 atom stereocenters. The van der Waals surface area contributed by atoms with E-state index in [4.69, 9.17) is 9.47 Å². The van der Waals surface area contributed by atoms with E-state index in [1.54, 1.807) is 32.5 Å². The van der Waals surface area contributed by atoms with E-state index in [1.807, 2.05) is 80.6 Å². The Balaban J connectivity index is 1.66. The van der Waals surface area contributed by atoms with Crippen LogP contribution in [0, 0.1) is 6.92 Å². The highest BCUT2D eigenvalue weighted by atomic mass is 16.5. The van der Waals surface area contributed by atoms with Crippen LogP contribution < -0.4 is 20.3 Å². The van der Waals surface area contributed by atoms with Gasteiger partial charge in [-0.2, -0.15) is 0 Å². The van der Waals surface area contributed by atoms with Gasteiger partial charge in [-0.3, -0.25) is 14.4 Å². The third kappa shape index (κ3) is 7.75. The molecule has 8 nitrogen and oxygen atoms in total. The van der Waals surface area contributed by atoms with Crippen LogP contribution in [0.25, 0.3) is 11.1 Å². The number of carboxylic acids is 1. The second-order valence-corrected chi connectivity index (χ2v) is 10.9. The van der Waals surface area contributed by atoms with Gasteiger partial charge in [0, 0.05) is 18.2 Å². The summed E-state index contributed by atoms with van der Waals surface area (Å²) in [6.45, 7) is 3.94. The van der Waals surface area contributed by atoms with E-state index in [9.17, 15) is 19.5 Å². The molecule has 0 bridgehead atoms. The van der Waals surface area contributed by atoms with Gasteiger partial charge in [-0.1, -0.05) is 80.4 Å². The lowest BCUT2D eigenvalue weighted by Crippen LogP contribution is -2.40. The van der Waals surface area contributed by atoms with Crippen molar-refractivity contribution in [2.24, 2.45) is 0 Å². The van der Waals surface area contributed by atoms with Crippen molar-refractivity contribution >= 4 is 11.9 Å². The summed E-state index contributed by atoms with van der Waals surface area (Å²) in [6, 6.07) is 22.8. The largest absolute Gasteiger partial charge is 0.496 e. The Morgan fingerprint density at radius 1 is 0.932 bits per heavy atom. The number of amides is 1. The van der Waals surface area contributed by atoms with Crippen LogP contribution in [0.3, 0.4) is 0 Å². The third-order valence-electron chi connectivity index (χ3n) is 7.69. The number of ether oxygens (including phenoxy) is 2. The molecule has 4 aromatic rings. The Bertz CT molecular complexity index is 1610. The fourth-order valence-electron chi connectivity index (χ4n) is 5.50. The lowest BCUT2D eigenvalue weighted by atomic mass is 9.97. The van der Waals surface area contributed by atoms with Gasteiger partial charge in [0.05, 0.1) is 32.2 Å². The molecule has 1 heterocycles. The molecule has 0 fully saturated rings. The number of hydrogen-bond acceptors (Lipinski definition) is 5. The number of methoxy groups -OCH3 is 2. The lowest BCUT2D eigenvalue weighted by molar-refractivity contribution is -0.138. The first-order valence-electron chi connectivity index (χ1n) is 14.8. The molecule has 0 saturated carbocycles. The predicted octanol–water partition coefficient (Wildman–Crippen LogP) is 6.50. The summed E-state index contributed by atoms with van der Waals surface area (Å²) in [5.74, 6) is -0.157. The molecule has 0 aliphatic carbocycles. The Labute approximate surface area is 258 Å². The molecule has 0 unspecified atom stereocenters. The summed E-state index contributed by atoms with van der Waals surface area (Å²) in [6.07, 6.45) is 3.88. The number of nitrogens with one attached hydrogen (secondary N) is 1. The molecule has 4 rings (SSSR count). The van der Waals surface area contributed by atoms with Crippen LogP contribution in [0.2, 0.25) is 0 Å². The maximum Gasteiger partial charge on any atom is 0.305 e. The minimum absolute atomic E-state index is 0.222. The third-order valence-corrected chi connectivity index (χ3v) is 7.69. The van der Waals surface area contributed by atoms with Gasteiger partial charge in [0.15, 0.2) is 0 Å². The summed E-state index contributed by atoms with van der Waals surface area (Å²) in [7, 11) is 3.18. The minimum atomic E-state index is -1.05. The van der Waals surface area contributed by atoms with Gasteiger partial charge in [-0.15, -0.1) is 0 Å².